The predicted octanol–water partition coefficient (Wildman–Crippen LogP) is 1.31. The third-order valence-electron chi connectivity index (χ3n) is 1.99. The van der Waals surface area contributed by atoms with Crippen LogP contribution in [0.25, 0.3) is 0 Å². The average molecular weight is 170 g/mol. The lowest BCUT2D eigenvalue weighted by Crippen LogP contribution is -2.38. The maximum atomic E-state index is 11.0. The number of carbonyl (C=O) groups excluding carboxylic acids is 2. The van der Waals surface area contributed by atoms with Crippen LogP contribution in [-0.4, -0.2) is 17.9 Å². The third-order valence-corrected chi connectivity index (χ3v) is 1.99. The number of ketones is 1. The average Bonchev–Trinajstić information content (AvgIpc) is 1.82. The monoisotopic (exact) mass is 170 g/mol. The van der Waals surface area contributed by atoms with E-state index in [2.05, 4.69) is 0 Å². The second-order valence-electron chi connectivity index (χ2n) is 4.26. The number of carbonyl (C=O) groups is 2. The van der Waals surface area contributed by atoms with Crippen molar-refractivity contribution < 1.29 is 14.3 Å². The van der Waals surface area contributed by atoms with Crippen LogP contribution in [0.5, 0.6) is 0 Å². The van der Waals surface area contributed by atoms with E-state index in [4.69, 9.17) is 4.74 Å². The van der Waals surface area contributed by atoms with E-state index in [0.717, 1.165) is 0 Å². The zero-order valence-electron chi connectivity index (χ0n) is 7.72. The molecule has 0 amide bonds. The van der Waals surface area contributed by atoms with Crippen LogP contribution < -0.4 is 0 Å². The van der Waals surface area contributed by atoms with Crippen LogP contribution in [0, 0.1) is 5.41 Å². The molecule has 68 valence electrons. The summed E-state index contributed by atoms with van der Waals surface area (Å²) in [6.45, 7) is 5.89. The van der Waals surface area contributed by atoms with Gasteiger partial charge in [-0.3, -0.25) is 9.59 Å². The first kappa shape index (κ1) is 9.23. The molecule has 0 aromatic carbocycles. The van der Waals surface area contributed by atoms with Crippen LogP contribution in [0.3, 0.4) is 0 Å². The van der Waals surface area contributed by atoms with Crippen molar-refractivity contribution in [3.63, 3.8) is 0 Å². The van der Waals surface area contributed by atoms with Gasteiger partial charge in [-0.05, 0) is 5.41 Å². The van der Waals surface area contributed by atoms with Crippen LogP contribution in [0.1, 0.15) is 33.6 Å². The van der Waals surface area contributed by atoms with Crippen LogP contribution in [-0.2, 0) is 14.3 Å². The quantitative estimate of drug-likeness (QED) is 0.406. The van der Waals surface area contributed by atoms with Crippen LogP contribution in [0.15, 0.2) is 0 Å². The Hall–Kier alpha value is -0.860. The summed E-state index contributed by atoms with van der Waals surface area (Å²) in [7, 11) is 0. The summed E-state index contributed by atoms with van der Waals surface area (Å²) >= 11 is 0. The molecular formula is C9H14O3. The molecule has 3 nitrogen and oxygen atoms in total. The molecule has 3 heteroatoms. The van der Waals surface area contributed by atoms with E-state index in [1.165, 1.54) is 0 Å². The molecule has 12 heavy (non-hydrogen) atoms. The molecule has 1 rings (SSSR count). The fraction of sp³-hybridized carbons (Fsp3) is 0.778. The van der Waals surface area contributed by atoms with E-state index >= 15 is 0 Å². The third kappa shape index (κ3) is 2.06. The topological polar surface area (TPSA) is 43.4 Å². The summed E-state index contributed by atoms with van der Waals surface area (Å²) in [4.78, 5) is 21.9. The lowest BCUT2D eigenvalue weighted by Gasteiger charge is -2.32. The Bertz CT molecular complexity index is 196. The maximum absolute atomic E-state index is 11.0. The van der Waals surface area contributed by atoms with E-state index < -0.39 is 0 Å². The van der Waals surface area contributed by atoms with Crippen LogP contribution in [0.4, 0.5) is 0 Å². The Morgan fingerprint density at radius 1 is 1.33 bits per heavy atom. The zero-order chi connectivity index (χ0) is 9.35. The summed E-state index contributed by atoms with van der Waals surface area (Å²) in [5.74, 6) is -0.391. The molecule has 0 aromatic heterocycles. The first-order chi connectivity index (χ1) is 5.39. The molecule has 1 aliphatic heterocycles. The molecule has 1 unspecified atom stereocenters. The van der Waals surface area contributed by atoms with Gasteiger partial charge in [-0.25, -0.2) is 0 Å². The fourth-order valence-corrected chi connectivity index (χ4v) is 1.16. The highest BCUT2D eigenvalue weighted by atomic mass is 16.5. The molecule has 1 saturated heterocycles. The lowest BCUT2D eigenvalue weighted by atomic mass is 9.84. The van der Waals surface area contributed by atoms with Gasteiger partial charge < -0.3 is 4.74 Å². The van der Waals surface area contributed by atoms with Crippen molar-refractivity contribution in [1.82, 2.24) is 0 Å². The standard InChI is InChI=1S/C9H14O3/c1-9(2,3)7-4-6(10)5-8(11)12-7/h7H,4-5H2,1-3H3. The van der Waals surface area contributed by atoms with Gasteiger partial charge in [-0.2, -0.15) is 0 Å². The second-order valence-corrected chi connectivity index (χ2v) is 4.26. The Balaban J connectivity index is 2.68. The molecule has 0 N–H and O–H groups in total. The van der Waals surface area contributed by atoms with Gasteiger partial charge in [0.15, 0.2) is 0 Å². The van der Waals surface area contributed by atoms with Crippen molar-refractivity contribution in [2.24, 2.45) is 5.41 Å². The van der Waals surface area contributed by atoms with Gasteiger partial charge in [-0.15, -0.1) is 0 Å². The second kappa shape index (κ2) is 2.88. The fourth-order valence-electron chi connectivity index (χ4n) is 1.16. The van der Waals surface area contributed by atoms with Crippen molar-refractivity contribution in [2.75, 3.05) is 0 Å². The molecule has 1 fully saturated rings. The molecule has 0 radical (unpaired) electrons. The number of ether oxygens (including phenoxy) is 1. The van der Waals surface area contributed by atoms with E-state index in [0.29, 0.717) is 6.42 Å². The van der Waals surface area contributed by atoms with Gasteiger partial charge in [0.05, 0.1) is 0 Å². The zero-order valence-corrected chi connectivity index (χ0v) is 7.72. The normalized spacial score (nSPS) is 25.4. The molecule has 0 aromatic rings. The molecule has 0 spiro atoms. The highest BCUT2D eigenvalue weighted by Crippen LogP contribution is 2.28. The molecule has 0 saturated carbocycles. The molecule has 1 heterocycles. The van der Waals surface area contributed by atoms with Crippen molar-refractivity contribution >= 4 is 11.8 Å². The number of Topliss-reactive ketones (excluding diaryl/α,β-unsaturated/α-hetero) is 1. The van der Waals surface area contributed by atoms with E-state index in [1.807, 2.05) is 20.8 Å². The highest BCUT2D eigenvalue weighted by molar-refractivity contribution is 5.97. The minimum atomic E-state index is -0.383. The smallest absolute Gasteiger partial charge is 0.313 e. The van der Waals surface area contributed by atoms with Gasteiger partial charge in [-0.1, -0.05) is 20.8 Å². The Kier molecular flexibility index (Phi) is 2.22. The Labute approximate surface area is 72.1 Å². The van der Waals surface area contributed by atoms with Gasteiger partial charge in [0.2, 0.25) is 0 Å². The van der Waals surface area contributed by atoms with Gasteiger partial charge in [0, 0.05) is 6.42 Å². The minimum Gasteiger partial charge on any atom is -0.461 e. The van der Waals surface area contributed by atoms with Gasteiger partial charge in [0.25, 0.3) is 0 Å². The number of cyclic esters (lactones) is 1. The van der Waals surface area contributed by atoms with E-state index in [-0.39, 0.29) is 29.7 Å². The van der Waals surface area contributed by atoms with E-state index in [9.17, 15) is 9.59 Å². The number of rotatable bonds is 0. The predicted molar refractivity (Wildman–Crippen MR) is 43.6 cm³/mol. The number of esters is 1. The molecule has 1 aliphatic rings. The Morgan fingerprint density at radius 3 is 2.33 bits per heavy atom. The number of hydrogen-bond acceptors (Lipinski definition) is 3. The highest BCUT2D eigenvalue weighted by Gasteiger charge is 2.34. The maximum Gasteiger partial charge on any atom is 0.313 e. The molecular weight excluding hydrogens is 156 g/mol. The van der Waals surface area contributed by atoms with Crippen LogP contribution >= 0.6 is 0 Å². The SMILES string of the molecule is CC(C)(C)C1CC(=O)CC(=O)O1. The van der Waals surface area contributed by atoms with Gasteiger partial charge in [0.1, 0.15) is 18.3 Å². The van der Waals surface area contributed by atoms with Gasteiger partial charge >= 0.3 is 5.97 Å². The largest absolute Gasteiger partial charge is 0.461 e. The molecule has 0 bridgehead atoms. The summed E-state index contributed by atoms with van der Waals surface area (Å²) in [5.41, 5.74) is -0.133. The van der Waals surface area contributed by atoms with Crippen molar-refractivity contribution in [3.05, 3.63) is 0 Å². The summed E-state index contributed by atoms with van der Waals surface area (Å²) in [6.07, 6.45) is 0.0770. The first-order valence-corrected chi connectivity index (χ1v) is 4.11. The molecule has 0 aliphatic carbocycles. The lowest BCUT2D eigenvalue weighted by molar-refractivity contribution is -0.164. The van der Waals surface area contributed by atoms with Crippen molar-refractivity contribution in [1.29, 1.82) is 0 Å². The summed E-state index contributed by atoms with van der Waals surface area (Å²) in [6, 6.07) is 0. The van der Waals surface area contributed by atoms with Crippen molar-refractivity contribution in [3.8, 4) is 0 Å². The minimum absolute atomic E-state index is 0.00817. The summed E-state index contributed by atoms with van der Waals surface area (Å²) in [5, 5.41) is 0. The summed E-state index contributed by atoms with van der Waals surface area (Å²) < 4.78 is 5.06. The van der Waals surface area contributed by atoms with Crippen molar-refractivity contribution in [2.45, 2.75) is 39.7 Å². The Morgan fingerprint density at radius 2 is 1.92 bits per heavy atom. The molecule has 1 atom stereocenters. The first-order valence-electron chi connectivity index (χ1n) is 4.11. The number of hydrogen-bond donors (Lipinski definition) is 0. The van der Waals surface area contributed by atoms with Crippen LogP contribution in [0.2, 0.25) is 0 Å². The van der Waals surface area contributed by atoms with E-state index in [1.54, 1.807) is 0 Å².